The van der Waals surface area contributed by atoms with Gasteiger partial charge in [-0.05, 0) is 30.7 Å². The van der Waals surface area contributed by atoms with Crippen LogP contribution in [0.2, 0.25) is 0 Å². The highest BCUT2D eigenvalue weighted by atomic mass is 19.1. The van der Waals surface area contributed by atoms with Crippen LogP contribution >= 0.6 is 0 Å². The number of nitrogens with one attached hydrogen (secondary N) is 1. The molecule has 1 aromatic carbocycles. The van der Waals surface area contributed by atoms with E-state index in [0.717, 1.165) is 17.3 Å². The Hall–Kier alpha value is -2.50. The lowest BCUT2D eigenvalue weighted by Crippen LogP contribution is -2.05. The molecule has 2 aromatic rings. The van der Waals surface area contributed by atoms with Gasteiger partial charge in [-0.1, -0.05) is 6.07 Å². The summed E-state index contributed by atoms with van der Waals surface area (Å²) in [5.41, 5.74) is 1.77. The fraction of sp³-hybridized carbons (Fsp3) is 0.154. The molecule has 0 unspecified atom stereocenters. The monoisotopic (exact) mass is 261 g/mol. The average Bonchev–Trinajstić information content (AvgIpc) is 2.38. The predicted octanol–water partition coefficient (Wildman–Crippen LogP) is 3.05. The van der Waals surface area contributed by atoms with Crippen LogP contribution in [0.1, 0.15) is 11.3 Å². The molecule has 0 amide bonds. The minimum absolute atomic E-state index is 0.274. The molecule has 0 bridgehead atoms. The lowest BCUT2D eigenvalue weighted by molar-refractivity contribution is -0.384. The second-order valence-corrected chi connectivity index (χ2v) is 4.04. The number of pyridine rings is 1. The van der Waals surface area contributed by atoms with Gasteiger partial charge in [-0.15, -0.1) is 0 Å². The van der Waals surface area contributed by atoms with Gasteiger partial charge >= 0.3 is 0 Å². The van der Waals surface area contributed by atoms with Gasteiger partial charge in [0.25, 0.3) is 5.69 Å². The van der Waals surface area contributed by atoms with Crippen LogP contribution in [0.4, 0.5) is 15.8 Å². The highest BCUT2D eigenvalue weighted by Gasteiger charge is 2.14. The molecule has 0 atom stereocenters. The van der Waals surface area contributed by atoms with Gasteiger partial charge in [-0.2, -0.15) is 0 Å². The van der Waals surface area contributed by atoms with Crippen molar-refractivity contribution in [3.05, 3.63) is 63.7 Å². The summed E-state index contributed by atoms with van der Waals surface area (Å²) in [4.78, 5) is 14.4. The summed E-state index contributed by atoms with van der Waals surface area (Å²) in [5.74, 6) is -0.633. The second kappa shape index (κ2) is 5.43. The normalized spacial score (nSPS) is 10.2. The van der Waals surface area contributed by atoms with E-state index in [1.807, 2.05) is 19.1 Å². The molecular formula is C13H12FN3O2. The van der Waals surface area contributed by atoms with E-state index in [1.54, 1.807) is 6.20 Å². The number of hydrogen-bond donors (Lipinski definition) is 1. The lowest BCUT2D eigenvalue weighted by Gasteiger charge is -2.08. The second-order valence-electron chi connectivity index (χ2n) is 4.04. The molecule has 2 rings (SSSR count). The fourth-order valence-corrected chi connectivity index (χ4v) is 1.69. The topological polar surface area (TPSA) is 68.1 Å². The maximum atomic E-state index is 13.0. The van der Waals surface area contributed by atoms with Crippen molar-refractivity contribution in [3.63, 3.8) is 0 Å². The van der Waals surface area contributed by atoms with Crippen molar-refractivity contribution in [2.24, 2.45) is 0 Å². The van der Waals surface area contributed by atoms with Crippen molar-refractivity contribution >= 4 is 11.4 Å². The number of aromatic nitrogens is 1. The third-order valence-corrected chi connectivity index (χ3v) is 2.72. The van der Waals surface area contributed by atoms with Crippen molar-refractivity contribution in [1.82, 2.24) is 4.98 Å². The van der Waals surface area contributed by atoms with Gasteiger partial charge < -0.3 is 5.32 Å². The predicted molar refractivity (Wildman–Crippen MR) is 69.4 cm³/mol. The van der Waals surface area contributed by atoms with E-state index in [2.05, 4.69) is 10.3 Å². The Bertz CT molecular complexity index is 617. The molecule has 0 saturated carbocycles. The molecule has 98 valence electrons. The quantitative estimate of drug-likeness (QED) is 0.678. The zero-order valence-corrected chi connectivity index (χ0v) is 10.3. The van der Waals surface area contributed by atoms with Gasteiger partial charge in [0, 0.05) is 6.20 Å². The van der Waals surface area contributed by atoms with E-state index in [1.165, 1.54) is 12.1 Å². The molecule has 0 radical (unpaired) electrons. The van der Waals surface area contributed by atoms with Crippen LogP contribution < -0.4 is 5.32 Å². The van der Waals surface area contributed by atoms with Crippen molar-refractivity contribution in [2.75, 3.05) is 5.32 Å². The number of anilines is 1. The first-order chi connectivity index (χ1) is 9.08. The Labute approximate surface area is 109 Å². The molecule has 0 spiro atoms. The van der Waals surface area contributed by atoms with E-state index >= 15 is 0 Å². The van der Waals surface area contributed by atoms with Gasteiger partial charge in [-0.3, -0.25) is 15.1 Å². The molecule has 0 aliphatic rings. The summed E-state index contributed by atoms with van der Waals surface area (Å²) in [6.07, 6.45) is 1.66. The number of benzene rings is 1. The van der Waals surface area contributed by atoms with E-state index in [-0.39, 0.29) is 11.4 Å². The zero-order valence-electron chi connectivity index (χ0n) is 10.3. The molecule has 1 N–H and O–H groups in total. The first-order valence-corrected chi connectivity index (χ1v) is 5.66. The Morgan fingerprint density at radius 2 is 2.21 bits per heavy atom. The van der Waals surface area contributed by atoms with Crippen molar-refractivity contribution in [3.8, 4) is 0 Å². The minimum Gasteiger partial charge on any atom is -0.374 e. The van der Waals surface area contributed by atoms with Crippen LogP contribution in [0.5, 0.6) is 0 Å². The third kappa shape index (κ3) is 3.04. The third-order valence-electron chi connectivity index (χ3n) is 2.72. The number of nitro benzene ring substituents is 1. The van der Waals surface area contributed by atoms with Crippen molar-refractivity contribution in [1.29, 1.82) is 0 Å². The van der Waals surface area contributed by atoms with Crippen molar-refractivity contribution in [2.45, 2.75) is 13.5 Å². The summed E-state index contributed by atoms with van der Waals surface area (Å²) in [7, 11) is 0. The van der Waals surface area contributed by atoms with Crippen LogP contribution in [0.3, 0.4) is 0 Å². The Balaban J connectivity index is 2.20. The number of hydrogen-bond acceptors (Lipinski definition) is 4. The molecule has 0 saturated heterocycles. The summed E-state index contributed by atoms with van der Waals surface area (Å²) in [6.45, 7) is 2.25. The Morgan fingerprint density at radius 1 is 1.42 bits per heavy atom. The number of aryl methyl sites for hydroxylation is 1. The van der Waals surface area contributed by atoms with E-state index in [4.69, 9.17) is 0 Å². The molecule has 5 nitrogen and oxygen atoms in total. The van der Waals surface area contributed by atoms with Crippen LogP contribution in [0.15, 0.2) is 36.5 Å². The number of nitrogens with zero attached hydrogens (tertiary/aromatic N) is 2. The Morgan fingerprint density at radius 3 is 2.89 bits per heavy atom. The molecule has 19 heavy (non-hydrogen) atoms. The van der Waals surface area contributed by atoms with Crippen LogP contribution in [0, 0.1) is 22.9 Å². The molecule has 1 aromatic heterocycles. The average molecular weight is 261 g/mol. The number of nitro groups is 1. The van der Waals surface area contributed by atoms with E-state index in [0.29, 0.717) is 6.54 Å². The minimum atomic E-state index is -0.633. The maximum Gasteiger partial charge on any atom is 0.295 e. The summed E-state index contributed by atoms with van der Waals surface area (Å²) in [5, 5.41) is 13.7. The van der Waals surface area contributed by atoms with Crippen LogP contribution in [-0.4, -0.2) is 9.91 Å². The maximum absolute atomic E-state index is 13.0. The SMILES string of the molecule is Cc1cccnc1CNc1ccc(F)cc1[N+](=O)[O-]. The van der Waals surface area contributed by atoms with E-state index < -0.39 is 10.7 Å². The van der Waals surface area contributed by atoms with Crippen molar-refractivity contribution < 1.29 is 9.31 Å². The molecule has 0 fully saturated rings. The molecular weight excluding hydrogens is 249 g/mol. The largest absolute Gasteiger partial charge is 0.374 e. The number of halogens is 1. The van der Waals surface area contributed by atoms with Crippen LogP contribution in [0.25, 0.3) is 0 Å². The molecule has 6 heteroatoms. The molecule has 1 heterocycles. The van der Waals surface area contributed by atoms with Gasteiger partial charge in [0.15, 0.2) is 0 Å². The Kier molecular flexibility index (Phi) is 3.70. The smallest absolute Gasteiger partial charge is 0.295 e. The molecule has 0 aliphatic heterocycles. The van der Waals surface area contributed by atoms with E-state index in [9.17, 15) is 14.5 Å². The molecule has 0 aliphatic carbocycles. The first-order valence-electron chi connectivity index (χ1n) is 5.66. The fourth-order valence-electron chi connectivity index (χ4n) is 1.69. The van der Waals surface area contributed by atoms with Gasteiger partial charge in [-0.25, -0.2) is 4.39 Å². The summed E-state index contributed by atoms with van der Waals surface area (Å²) in [6, 6.07) is 7.15. The van der Waals surface area contributed by atoms with Gasteiger partial charge in [0.2, 0.25) is 0 Å². The lowest BCUT2D eigenvalue weighted by atomic mass is 10.2. The highest BCUT2D eigenvalue weighted by molar-refractivity contribution is 5.61. The van der Waals surface area contributed by atoms with Crippen LogP contribution in [-0.2, 0) is 6.54 Å². The highest BCUT2D eigenvalue weighted by Crippen LogP contribution is 2.25. The summed E-state index contributed by atoms with van der Waals surface area (Å²) < 4.78 is 13.0. The number of rotatable bonds is 4. The standard InChI is InChI=1S/C13H12FN3O2/c1-9-3-2-6-15-12(9)8-16-11-5-4-10(14)7-13(11)17(18)19/h2-7,16H,8H2,1H3. The van der Waals surface area contributed by atoms with Gasteiger partial charge in [0.05, 0.1) is 23.2 Å². The summed E-state index contributed by atoms with van der Waals surface area (Å²) >= 11 is 0. The zero-order chi connectivity index (χ0) is 13.8. The van der Waals surface area contributed by atoms with Gasteiger partial charge in [0.1, 0.15) is 11.5 Å². The first kappa shape index (κ1) is 12.9.